The quantitative estimate of drug-likeness (QED) is 0.596. The minimum absolute atomic E-state index is 0.130. The lowest BCUT2D eigenvalue weighted by atomic mass is 9.91. The van der Waals surface area contributed by atoms with E-state index in [2.05, 4.69) is 4.98 Å². The summed E-state index contributed by atoms with van der Waals surface area (Å²) in [5, 5.41) is 18.0. The molecule has 4 heteroatoms. The molecular formula is C9H9BN2O. The minimum atomic E-state index is -0.130. The summed E-state index contributed by atoms with van der Waals surface area (Å²) >= 11 is 0. The van der Waals surface area contributed by atoms with Gasteiger partial charge in [-0.15, -0.1) is 0 Å². The van der Waals surface area contributed by atoms with Crippen LogP contribution < -0.4 is 5.46 Å². The average Bonchev–Trinajstić information content (AvgIpc) is 2.91. The molecule has 2 rings (SSSR count). The third kappa shape index (κ3) is 1.38. The van der Waals surface area contributed by atoms with Gasteiger partial charge >= 0.3 is 0 Å². The van der Waals surface area contributed by atoms with Gasteiger partial charge in [-0.2, -0.15) is 5.26 Å². The monoisotopic (exact) mass is 172 g/mol. The SMILES string of the molecule is Bc1cc(C#N)c(O)nc1C1CC1. The van der Waals surface area contributed by atoms with Crippen molar-refractivity contribution >= 4 is 13.3 Å². The second-order valence-corrected chi connectivity index (χ2v) is 3.45. The van der Waals surface area contributed by atoms with Gasteiger partial charge in [0.1, 0.15) is 19.5 Å². The van der Waals surface area contributed by atoms with E-state index in [0.29, 0.717) is 5.92 Å². The van der Waals surface area contributed by atoms with Gasteiger partial charge in [0.2, 0.25) is 5.88 Å². The van der Waals surface area contributed by atoms with Crippen LogP contribution >= 0.6 is 0 Å². The molecule has 1 aromatic rings. The Morgan fingerprint density at radius 2 is 2.31 bits per heavy atom. The zero-order valence-electron chi connectivity index (χ0n) is 7.41. The lowest BCUT2D eigenvalue weighted by molar-refractivity contribution is 0.449. The summed E-state index contributed by atoms with van der Waals surface area (Å²) in [6, 6.07) is 3.61. The zero-order chi connectivity index (χ0) is 9.42. The van der Waals surface area contributed by atoms with E-state index in [-0.39, 0.29) is 11.4 Å². The summed E-state index contributed by atoms with van der Waals surface area (Å²) in [4.78, 5) is 4.04. The van der Waals surface area contributed by atoms with Crippen molar-refractivity contribution in [3.8, 4) is 11.9 Å². The van der Waals surface area contributed by atoms with Crippen LogP contribution in [0.5, 0.6) is 5.88 Å². The van der Waals surface area contributed by atoms with Crippen molar-refractivity contribution < 1.29 is 5.11 Å². The Morgan fingerprint density at radius 3 is 2.85 bits per heavy atom. The zero-order valence-corrected chi connectivity index (χ0v) is 7.41. The van der Waals surface area contributed by atoms with E-state index in [0.717, 1.165) is 24.0 Å². The molecule has 1 N–H and O–H groups in total. The van der Waals surface area contributed by atoms with Gasteiger partial charge in [0, 0.05) is 11.6 Å². The molecule has 0 radical (unpaired) electrons. The highest BCUT2D eigenvalue weighted by atomic mass is 16.3. The summed E-state index contributed by atoms with van der Waals surface area (Å²) in [5.74, 6) is 0.383. The Labute approximate surface area is 77.4 Å². The highest BCUT2D eigenvalue weighted by Gasteiger charge is 2.27. The number of nitrogens with zero attached hydrogens (tertiary/aromatic N) is 2. The van der Waals surface area contributed by atoms with Crippen molar-refractivity contribution in [2.45, 2.75) is 18.8 Å². The van der Waals surface area contributed by atoms with Crippen LogP contribution in [0.1, 0.15) is 30.0 Å². The van der Waals surface area contributed by atoms with Crippen molar-refractivity contribution in [2.24, 2.45) is 0 Å². The number of rotatable bonds is 1. The molecule has 64 valence electrons. The van der Waals surface area contributed by atoms with Crippen LogP contribution in [-0.4, -0.2) is 17.9 Å². The van der Waals surface area contributed by atoms with Crippen molar-refractivity contribution in [2.75, 3.05) is 0 Å². The van der Waals surface area contributed by atoms with Gasteiger partial charge in [-0.05, 0) is 18.9 Å². The molecule has 1 heterocycles. The van der Waals surface area contributed by atoms with E-state index < -0.39 is 0 Å². The molecule has 3 nitrogen and oxygen atoms in total. The van der Waals surface area contributed by atoms with Crippen molar-refractivity contribution in [1.82, 2.24) is 4.98 Å². The van der Waals surface area contributed by atoms with Gasteiger partial charge in [0.15, 0.2) is 0 Å². The van der Waals surface area contributed by atoms with Crippen molar-refractivity contribution in [1.29, 1.82) is 5.26 Å². The number of hydrogen-bond acceptors (Lipinski definition) is 3. The van der Waals surface area contributed by atoms with Gasteiger partial charge in [0.25, 0.3) is 0 Å². The van der Waals surface area contributed by atoms with Crippen LogP contribution in [0.3, 0.4) is 0 Å². The number of hydrogen-bond donors (Lipinski definition) is 1. The van der Waals surface area contributed by atoms with Crippen molar-refractivity contribution in [3.63, 3.8) is 0 Å². The highest BCUT2D eigenvalue weighted by molar-refractivity contribution is 6.33. The molecule has 1 saturated carbocycles. The topological polar surface area (TPSA) is 56.9 Å². The summed E-state index contributed by atoms with van der Waals surface area (Å²) in [5.41, 5.74) is 2.23. The molecule has 0 atom stereocenters. The highest BCUT2D eigenvalue weighted by Crippen LogP contribution is 2.38. The maximum atomic E-state index is 9.36. The first-order chi connectivity index (χ1) is 6.22. The van der Waals surface area contributed by atoms with E-state index >= 15 is 0 Å². The fourth-order valence-corrected chi connectivity index (χ4v) is 1.47. The summed E-state index contributed by atoms with van der Waals surface area (Å²) in [6.07, 6.45) is 2.30. The first-order valence-electron chi connectivity index (χ1n) is 4.33. The Balaban J connectivity index is 2.50. The fourth-order valence-electron chi connectivity index (χ4n) is 1.47. The molecule has 1 aliphatic carbocycles. The largest absolute Gasteiger partial charge is 0.492 e. The fraction of sp³-hybridized carbons (Fsp3) is 0.333. The predicted molar refractivity (Wildman–Crippen MR) is 50.8 cm³/mol. The van der Waals surface area contributed by atoms with Crippen LogP contribution in [0.25, 0.3) is 0 Å². The van der Waals surface area contributed by atoms with E-state index in [4.69, 9.17) is 5.26 Å². The molecule has 0 aliphatic heterocycles. The molecule has 0 spiro atoms. The maximum absolute atomic E-state index is 9.36. The second-order valence-electron chi connectivity index (χ2n) is 3.45. The molecule has 0 bridgehead atoms. The number of pyridine rings is 1. The molecule has 0 aromatic carbocycles. The van der Waals surface area contributed by atoms with E-state index in [1.54, 1.807) is 6.07 Å². The van der Waals surface area contributed by atoms with Gasteiger partial charge in [-0.25, -0.2) is 4.98 Å². The van der Waals surface area contributed by atoms with Crippen molar-refractivity contribution in [3.05, 3.63) is 17.3 Å². The predicted octanol–water partition coefficient (Wildman–Crippen LogP) is -0.205. The number of nitriles is 1. The van der Waals surface area contributed by atoms with E-state index in [1.807, 2.05) is 13.9 Å². The maximum Gasteiger partial charge on any atom is 0.229 e. The van der Waals surface area contributed by atoms with Gasteiger partial charge in [-0.3, -0.25) is 0 Å². The first-order valence-corrected chi connectivity index (χ1v) is 4.33. The van der Waals surface area contributed by atoms with Crippen LogP contribution in [0, 0.1) is 11.3 Å². The van der Waals surface area contributed by atoms with E-state index in [1.165, 1.54) is 0 Å². The Hall–Kier alpha value is -1.50. The molecule has 0 unspecified atom stereocenters. The third-order valence-electron chi connectivity index (χ3n) is 2.32. The Bertz CT molecular complexity index is 393. The molecular weight excluding hydrogens is 163 g/mol. The number of aromatic nitrogens is 1. The van der Waals surface area contributed by atoms with Crippen LogP contribution in [0.4, 0.5) is 0 Å². The average molecular weight is 172 g/mol. The smallest absolute Gasteiger partial charge is 0.229 e. The summed E-state index contributed by atoms with van der Waals surface area (Å²) in [7, 11) is 1.93. The van der Waals surface area contributed by atoms with E-state index in [9.17, 15) is 5.11 Å². The summed E-state index contributed by atoms with van der Waals surface area (Å²) < 4.78 is 0. The van der Waals surface area contributed by atoms with Gasteiger partial charge < -0.3 is 5.11 Å². The van der Waals surface area contributed by atoms with Gasteiger partial charge in [-0.1, -0.05) is 5.46 Å². The molecule has 13 heavy (non-hydrogen) atoms. The Kier molecular flexibility index (Phi) is 1.73. The van der Waals surface area contributed by atoms with Crippen LogP contribution in [-0.2, 0) is 0 Å². The van der Waals surface area contributed by atoms with Gasteiger partial charge in [0.05, 0.1) is 0 Å². The molecule has 1 fully saturated rings. The molecule has 0 saturated heterocycles. The Morgan fingerprint density at radius 1 is 1.62 bits per heavy atom. The third-order valence-corrected chi connectivity index (χ3v) is 2.32. The van der Waals surface area contributed by atoms with Crippen LogP contribution in [0.2, 0.25) is 0 Å². The normalized spacial score (nSPS) is 15.3. The second kappa shape index (κ2) is 2.77. The lowest BCUT2D eigenvalue weighted by Crippen LogP contribution is -2.12. The summed E-state index contributed by atoms with van der Waals surface area (Å²) in [6.45, 7) is 0. The van der Waals surface area contributed by atoms with Crippen LogP contribution in [0.15, 0.2) is 6.07 Å². The molecule has 1 aromatic heterocycles. The first kappa shape index (κ1) is 8.12. The standard InChI is InChI=1S/C9H9BN2O/c10-7-3-6(4-11)9(13)12-8(7)5-1-2-5/h3,5H,1-2,10H2,(H,12,13). The molecule has 1 aliphatic rings. The number of aromatic hydroxyl groups is 1. The lowest BCUT2D eigenvalue weighted by Gasteiger charge is -2.04. The molecule has 0 amide bonds. The minimum Gasteiger partial charge on any atom is -0.492 e.